The Hall–Kier alpha value is -2.76. The lowest BCUT2D eigenvalue weighted by Gasteiger charge is -2.47. The molecule has 3 N–H and O–H groups in total. The second-order valence-corrected chi connectivity index (χ2v) is 17.5. The molecular formula is C34H49N5O5S. The van der Waals surface area contributed by atoms with Gasteiger partial charge >= 0.3 is 6.09 Å². The third-order valence-electron chi connectivity index (χ3n) is 11.8. The summed E-state index contributed by atoms with van der Waals surface area (Å²) in [4.78, 5) is 36.2. The monoisotopic (exact) mass is 639 g/mol. The molecule has 1 aliphatic heterocycles. The second-order valence-electron chi connectivity index (χ2n) is 15.5. The van der Waals surface area contributed by atoms with Crippen LogP contribution >= 0.6 is 0 Å². The number of nitrogens with zero attached hydrogens (tertiary/aromatic N) is 3. The van der Waals surface area contributed by atoms with Gasteiger partial charge in [0.25, 0.3) is 0 Å². The Balaban J connectivity index is 1.28. The van der Waals surface area contributed by atoms with Crippen molar-refractivity contribution in [2.75, 3.05) is 18.8 Å². The van der Waals surface area contributed by atoms with Gasteiger partial charge in [0.1, 0.15) is 5.60 Å². The maximum atomic E-state index is 14.4. The van der Waals surface area contributed by atoms with Crippen molar-refractivity contribution in [3.8, 4) is 0 Å². The summed E-state index contributed by atoms with van der Waals surface area (Å²) in [6.07, 6.45) is 8.23. The summed E-state index contributed by atoms with van der Waals surface area (Å²) in [5.41, 5.74) is 7.85. The number of aromatic amines is 1. The van der Waals surface area contributed by atoms with E-state index < -0.39 is 50.5 Å². The zero-order valence-corrected chi connectivity index (χ0v) is 28.2. The molecular weight excluding hydrogens is 590 g/mol. The number of piperidine rings is 1. The molecule has 0 radical (unpaired) electrons. The molecule has 246 valence electrons. The van der Waals surface area contributed by atoms with Crippen LogP contribution in [0.25, 0.3) is 0 Å². The Morgan fingerprint density at radius 2 is 1.87 bits per heavy atom. The van der Waals surface area contributed by atoms with Gasteiger partial charge in [0.15, 0.2) is 0 Å². The van der Waals surface area contributed by atoms with Crippen molar-refractivity contribution < 1.29 is 22.7 Å². The van der Waals surface area contributed by atoms with Gasteiger partial charge in [0, 0.05) is 36.8 Å². The fourth-order valence-corrected chi connectivity index (χ4v) is 11.5. The highest BCUT2D eigenvalue weighted by atomic mass is 32.2. The van der Waals surface area contributed by atoms with Gasteiger partial charge in [-0.1, -0.05) is 38.1 Å². The number of sulfonamides is 1. The number of nitrogens with one attached hydrogen (secondary N) is 1. The van der Waals surface area contributed by atoms with Crippen LogP contribution in [0.4, 0.5) is 4.79 Å². The number of fused-ring (bicyclic) bond motifs is 4. The van der Waals surface area contributed by atoms with Crippen LogP contribution in [-0.4, -0.2) is 76.1 Å². The predicted octanol–water partition coefficient (Wildman–Crippen LogP) is 4.55. The third kappa shape index (κ3) is 5.52. The van der Waals surface area contributed by atoms with E-state index in [0.717, 1.165) is 32.1 Å². The number of rotatable bonds is 7. The van der Waals surface area contributed by atoms with Crippen LogP contribution in [0.15, 0.2) is 36.8 Å². The van der Waals surface area contributed by atoms with Crippen LogP contribution in [0.2, 0.25) is 0 Å². The second kappa shape index (κ2) is 11.2. The molecule has 10 nitrogen and oxygen atoms in total. The molecule has 4 aliphatic rings. The number of nitrogens with two attached hydrogens (primary N) is 1. The molecule has 2 aromatic rings. The molecule has 2 unspecified atom stereocenters. The van der Waals surface area contributed by atoms with Crippen LogP contribution in [0.1, 0.15) is 90.0 Å². The number of aryl methyl sites for hydroxylation is 1. The van der Waals surface area contributed by atoms with Crippen LogP contribution in [0.3, 0.4) is 0 Å². The minimum absolute atomic E-state index is 0.0409. The van der Waals surface area contributed by atoms with Crippen molar-refractivity contribution in [3.05, 3.63) is 53.6 Å². The van der Waals surface area contributed by atoms with Gasteiger partial charge in [0.2, 0.25) is 15.9 Å². The maximum absolute atomic E-state index is 14.4. The zero-order chi connectivity index (χ0) is 32.4. The lowest BCUT2D eigenvalue weighted by Crippen LogP contribution is -2.61. The minimum Gasteiger partial charge on any atom is -0.443 e. The number of hydrogen-bond acceptors (Lipinski definition) is 7. The molecule has 3 aliphatic carbocycles. The van der Waals surface area contributed by atoms with Crippen LogP contribution in [-0.2, 0) is 37.8 Å². The predicted molar refractivity (Wildman–Crippen MR) is 172 cm³/mol. The quantitative estimate of drug-likeness (QED) is 0.453. The van der Waals surface area contributed by atoms with Gasteiger partial charge < -0.3 is 15.5 Å². The molecule has 45 heavy (non-hydrogen) atoms. The van der Waals surface area contributed by atoms with E-state index in [1.807, 2.05) is 0 Å². The summed E-state index contributed by atoms with van der Waals surface area (Å²) in [7, 11) is -3.72. The van der Waals surface area contributed by atoms with E-state index in [9.17, 15) is 18.0 Å². The number of ether oxygens (including phenoxy) is 1. The van der Waals surface area contributed by atoms with Crippen molar-refractivity contribution in [1.29, 1.82) is 0 Å². The summed E-state index contributed by atoms with van der Waals surface area (Å²) in [5.74, 6) is -0.497. The third-order valence-corrected chi connectivity index (χ3v) is 13.8. The molecule has 4 atom stereocenters. The van der Waals surface area contributed by atoms with Crippen molar-refractivity contribution in [2.24, 2.45) is 22.5 Å². The number of carbonyl (C=O) groups is 2. The first-order chi connectivity index (χ1) is 21.1. The lowest BCUT2D eigenvalue weighted by molar-refractivity contribution is -0.137. The van der Waals surface area contributed by atoms with E-state index in [1.54, 1.807) is 31.3 Å². The number of carbonyl (C=O) groups excluding carboxylic acids is 2. The largest absolute Gasteiger partial charge is 0.443 e. The van der Waals surface area contributed by atoms with Crippen molar-refractivity contribution in [3.63, 3.8) is 0 Å². The fraction of sp³-hybridized carbons (Fsp3) is 0.676. The highest BCUT2D eigenvalue weighted by Crippen LogP contribution is 2.67. The van der Waals surface area contributed by atoms with Gasteiger partial charge in [-0.2, -0.15) is 0 Å². The van der Waals surface area contributed by atoms with Crippen molar-refractivity contribution in [2.45, 2.75) is 109 Å². The molecule has 2 saturated carbocycles. The van der Waals surface area contributed by atoms with Crippen LogP contribution in [0.5, 0.6) is 0 Å². The average molecular weight is 640 g/mol. The van der Waals surface area contributed by atoms with E-state index in [0.29, 0.717) is 31.6 Å². The van der Waals surface area contributed by atoms with Crippen molar-refractivity contribution >= 4 is 22.0 Å². The molecule has 1 saturated heterocycles. The molecule has 2 heterocycles. The number of benzene rings is 1. The number of hydrogen-bond donors (Lipinski definition) is 2. The van der Waals surface area contributed by atoms with Gasteiger partial charge in [-0.15, -0.1) is 0 Å². The molecule has 11 heteroatoms. The van der Waals surface area contributed by atoms with E-state index in [-0.39, 0.29) is 23.5 Å². The van der Waals surface area contributed by atoms with Gasteiger partial charge in [0.05, 0.1) is 24.2 Å². The van der Waals surface area contributed by atoms with Gasteiger partial charge in [-0.25, -0.2) is 27.4 Å². The Morgan fingerprint density at radius 1 is 1.16 bits per heavy atom. The smallest absolute Gasteiger partial charge is 0.417 e. The standard InChI is InChI=1S/C34H49N5O5S/c1-31(2,3)44-30(41)39(29(40)27(35)19-25-20-36-22-37-25)28-18-24-11-13-34(28,32(24,4)5)21-45(42,43)38-16-14-33(15-17-38)12-10-23-8-6-7-9-26(23)33/h6-9,20,22,24,27-28H,10-19,21,35H2,1-5H3,(H,36,37)/t24?,27-,28?,34+/m0/s1. The Kier molecular flexibility index (Phi) is 8.01. The molecule has 2 amide bonds. The first-order valence-electron chi connectivity index (χ1n) is 16.4. The first kappa shape index (κ1) is 32.2. The highest BCUT2D eigenvalue weighted by Gasteiger charge is 2.68. The van der Waals surface area contributed by atoms with E-state index in [2.05, 4.69) is 48.1 Å². The van der Waals surface area contributed by atoms with Crippen LogP contribution in [0, 0.1) is 16.7 Å². The summed E-state index contributed by atoms with van der Waals surface area (Å²) >= 11 is 0. The van der Waals surface area contributed by atoms with E-state index in [4.69, 9.17) is 10.5 Å². The SMILES string of the molecule is CC(C)(C)OC(=O)N(C(=O)[C@@H](N)Cc1cnc[nH]1)C1CC2CC[C@]1(CS(=O)(=O)N1CCC3(CCc4ccccc43)CC1)C2(C)C. The summed E-state index contributed by atoms with van der Waals surface area (Å²) < 4.78 is 36.3. The number of amides is 2. The Morgan fingerprint density at radius 3 is 2.51 bits per heavy atom. The number of H-pyrrole nitrogens is 1. The van der Waals surface area contributed by atoms with E-state index in [1.165, 1.54) is 22.4 Å². The molecule has 3 fully saturated rings. The fourth-order valence-electron chi connectivity index (χ4n) is 9.21. The maximum Gasteiger partial charge on any atom is 0.417 e. The zero-order valence-electron chi connectivity index (χ0n) is 27.3. The molecule has 1 spiro atoms. The lowest BCUT2D eigenvalue weighted by atomic mass is 9.68. The number of imidazole rings is 1. The Bertz CT molecular complexity index is 1540. The highest BCUT2D eigenvalue weighted by molar-refractivity contribution is 7.89. The Labute approximate surface area is 267 Å². The average Bonchev–Trinajstić information content (AvgIpc) is 3.70. The van der Waals surface area contributed by atoms with Gasteiger partial charge in [-0.05, 0) is 93.6 Å². The summed E-state index contributed by atoms with van der Waals surface area (Å²) in [6, 6.07) is 6.92. The van der Waals surface area contributed by atoms with Gasteiger partial charge in [-0.3, -0.25) is 4.79 Å². The molecule has 1 aromatic carbocycles. The molecule has 1 aromatic heterocycles. The van der Waals surface area contributed by atoms with Crippen LogP contribution < -0.4 is 5.73 Å². The molecule has 6 rings (SSSR count). The molecule has 2 bridgehead atoms. The summed E-state index contributed by atoms with van der Waals surface area (Å²) in [5, 5.41) is 0. The number of aromatic nitrogens is 2. The number of imide groups is 1. The first-order valence-corrected chi connectivity index (χ1v) is 18.0. The normalized spacial score (nSPS) is 27.8. The minimum atomic E-state index is -3.72. The van der Waals surface area contributed by atoms with E-state index >= 15 is 0 Å². The topological polar surface area (TPSA) is 139 Å². The van der Waals surface area contributed by atoms with Crippen molar-refractivity contribution in [1.82, 2.24) is 19.2 Å². The summed E-state index contributed by atoms with van der Waals surface area (Å²) in [6.45, 7) is 10.5.